The molecule has 21 heavy (non-hydrogen) atoms. The van der Waals surface area contributed by atoms with E-state index < -0.39 is 5.97 Å². The van der Waals surface area contributed by atoms with Crippen LogP contribution >= 0.6 is 0 Å². The second-order valence-electron chi connectivity index (χ2n) is 4.59. The van der Waals surface area contributed by atoms with Crippen molar-refractivity contribution in [3.8, 4) is 5.75 Å². The lowest BCUT2D eigenvalue weighted by Crippen LogP contribution is -2.14. The van der Waals surface area contributed by atoms with Crippen LogP contribution in [0.3, 0.4) is 0 Å². The summed E-state index contributed by atoms with van der Waals surface area (Å²) in [5, 5.41) is 4.20. The molecule has 0 atom stereocenters. The number of anilines is 1. The Morgan fingerprint density at radius 1 is 1.43 bits per heavy atom. The SMILES string of the molecule is CCn1nc(C)c(N)c1C(=O)OCc1cccc(OC)c1. The third-order valence-electron chi connectivity index (χ3n) is 3.17. The molecule has 112 valence electrons. The number of aryl methyl sites for hydroxylation is 2. The van der Waals surface area contributed by atoms with Crippen molar-refractivity contribution in [1.82, 2.24) is 9.78 Å². The Morgan fingerprint density at radius 3 is 2.86 bits per heavy atom. The molecule has 0 aliphatic heterocycles. The van der Waals surface area contributed by atoms with Crippen LogP contribution in [0.4, 0.5) is 5.69 Å². The number of nitrogen functional groups attached to an aromatic ring is 1. The van der Waals surface area contributed by atoms with Crippen LogP contribution in [-0.4, -0.2) is 22.9 Å². The van der Waals surface area contributed by atoms with E-state index in [-0.39, 0.29) is 6.61 Å². The standard InChI is InChI=1S/C15H19N3O3/c1-4-18-14(13(16)10(2)17-18)15(19)21-9-11-6-5-7-12(8-11)20-3/h5-8H,4,9,16H2,1-3H3. The number of carbonyl (C=O) groups is 1. The Balaban J connectivity index is 2.11. The minimum atomic E-state index is -0.474. The van der Waals surface area contributed by atoms with Gasteiger partial charge in [0.05, 0.1) is 18.5 Å². The summed E-state index contributed by atoms with van der Waals surface area (Å²) in [6, 6.07) is 7.36. The zero-order chi connectivity index (χ0) is 15.4. The number of esters is 1. The fourth-order valence-electron chi connectivity index (χ4n) is 2.02. The number of hydrogen-bond donors (Lipinski definition) is 1. The molecule has 2 N–H and O–H groups in total. The van der Waals surface area contributed by atoms with Crippen LogP contribution in [0.1, 0.15) is 28.7 Å². The second kappa shape index (κ2) is 6.30. The first-order valence-corrected chi connectivity index (χ1v) is 6.69. The number of nitrogens with two attached hydrogens (primary N) is 1. The average molecular weight is 289 g/mol. The van der Waals surface area contributed by atoms with E-state index in [1.165, 1.54) is 0 Å². The molecule has 0 fully saturated rings. The van der Waals surface area contributed by atoms with E-state index in [1.54, 1.807) is 18.7 Å². The molecule has 1 aromatic carbocycles. The molecule has 0 bridgehead atoms. The first-order valence-electron chi connectivity index (χ1n) is 6.69. The molecule has 2 aromatic rings. The van der Waals surface area contributed by atoms with Crippen molar-refractivity contribution in [2.75, 3.05) is 12.8 Å². The summed E-state index contributed by atoms with van der Waals surface area (Å²) in [6.45, 7) is 4.37. The summed E-state index contributed by atoms with van der Waals surface area (Å²) in [5.74, 6) is 0.246. The number of rotatable bonds is 5. The van der Waals surface area contributed by atoms with E-state index >= 15 is 0 Å². The monoisotopic (exact) mass is 289 g/mol. The second-order valence-corrected chi connectivity index (χ2v) is 4.59. The van der Waals surface area contributed by atoms with Gasteiger partial charge in [-0.05, 0) is 31.5 Å². The van der Waals surface area contributed by atoms with Crippen LogP contribution in [-0.2, 0) is 17.9 Å². The summed E-state index contributed by atoms with van der Waals surface area (Å²) in [4.78, 5) is 12.2. The average Bonchev–Trinajstić information content (AvgIpc) is 2.80. The third-order valence-corrected chi connectivity index (χ3v) is 3.17. The van der Waals surface area contributed by atoms with E-state index in [2.05, 4.69) is 5.10 Å². The Bertz CT molecular complexity index is 650. The van der Waals surface area contributed by atoms with Crippen LogP contribution in [0.15, 0.2) is 24.3 Å². The van der Waals surface area contributed by atoms with Crippen molar-refractivity contribution < 1.29 is 14.3 Å². The lowest BCUT2D eigenvalue weighted by atomic mass is 10.2. The van der Waals surface area contributed by atoms with E-state index in [0.717, 1.165) is 11.3 Å². The molecule has 0 radical (unpaired) electrons. The van der Waals surface area contributed by atoms with E-state index in [4.69, 9.17) is 15.2 Å². The topological polar surface area (TPSA) is 79.4 Å². The summed E-state index contributed by atoms with van der Waals surface area (Å²) in [7, 11) is 1.59. The number of methoxy groups -OCH3 is 1. The molecule has 6 nitrogen and oxygen atoms in total. The van der Waals surface area contributed by atoms with Gasteiger partial charge in [0.25, 0.3) is 0 Å². The molecular formula is C15H19N3O3. The zero-order valence-corrected chi connectivity index (χ0v) is 12.4. The predicted octanol–water partition coefficient (Wildman–Crippen LogP) is 2.16. The van der Waals surface area contributed by atoms with Gasteiger partial charge in [0, 0.05) is 6.54 Å². The van der Waals surface area contributed by atoms with E-state index in [0.29, 0.717) is 23.6 Å². The highest BCUT2D eigenvalue weighted by atomic mass is 16.5. The summed E-state index contributed by atoms with van der Waals surface area (Å²) in [6.07, 6.45) is 0. The maximum atomic E-state index is 12.2. The molecule has 1 heterocycles. The molecule has 0 saturated heterocycles. The molecule has 0 saturated carbocycles. The minimum absolute atomic E-state index is 0.156. The Kier molecular flexibility index (Phi) is 4.47. The smallest absolute Gasteiger partial charge is 0.359 e. The van der Waals surface area contributed by atoms with Crippen molar-refractivity contribution in [3.63, 3.8) is 0 Å². The fraction of sp³-hybridized carbons (Fsp3) is 0.333. The molecule has 6 heteroatoms. The normalized spacial score (nSPS) is 10.4. The summed E-state index contributed by atoms with van der Waals surface area (Å²) in [5.41, 5.74) is 8.04. The number of nitrogens with zero attached hydrogens (tertiary/aromatic N) is 2. The van der Waals surface area contributed by atoms with Gasteiger partial charge in [-0.2, -0.15) is 5.10 Å². The molecule has 0 unspecified atom stereocenters. The maximum Gasteiger partial charge on any atom is 0.359 e. The van der Waals surface area contributed by atoms with Crippen LogP contribution in [0.5, 0.6) is 5.75 Å². The van der Waals surface area contributed by atoms with Crippen molar-refractivity contribution in [2.24, 2.45) is 0 Å². The molecule has 0 amide bonds. The van der Waals surface area contributed by atoms with Gasteiger partial charge in [-0.25, -0.2) is 4.79 Å². The lowest BCUT2D eigenvalue weighted by molar-refractivity contribution is 0.0459. The van der Waals surface area contributed by atoms with E-state index in [1.807, 2.05) is 31.2 Å². The van der Waals surface area contributed by atoms with Gasteiger partial charge in [-0.1, -0.05) is 12.1 Å². The quantitative estimate of drug-likeness (QED) is 0.853. The predicted molar refractivity (Wildman–Crippen MR) is 79.2 cm³/mol. The minimum Gasteiger partial charge on any atom is -0.497 e. The maximum absolute atomic E-state index is 12.2. The number of aromatic nitrogens is 2. The molecule has 2 rings (SSSR count). The highest BCUT2D eigenvalue weighted by Gasteiger charge is 2.20. The van der Waals surface area contributed by atoms with Gasteiger partial charge in [0.1, 0.15) is 12.4 Å². The van der Waals surface area contributed by atoms with Crippen LogP contribution in [0.2, 0.25) is 0 Å². The largest absolute Gasteiger partial charge is 0.497 e. The Hall–Kier alpha value is -2.50. The molecule has 1 aromatic heterocycles. The van der Waals surface area contributed by atoms with Crippen molar-refractivity contribution in [2.45, 2.75) is 27.0 Å². The third kappa shape index (κ3) is 3.16. The van der Waals surface area contributed by atoms with Gasteiger partial charge >= 0.3 is 5.97 Å². The molecule has 0 aliphatic rings. The van der Waals surface area contributed by atoms with Gasteiger partial charge in [-0.15, -0.1) is 0 Å². The number of ether oxygens (including phenoxy) is 2. The first kappa shape index (κ1) is 14.9. The van der Waals surface area contributed by atoms with Crippen LogP contribution < -0.4 is 10.5 Å². The van der Waals surface area contributed by atoms with Crippen LogP contribution in [0.25, 0.3) is 0 Å². The van der Waals surface area contributed by atoms with Gasteiger partial charge in [0.2, 0.25) is 0 Å². The molecular weight excluding hydrogens is 270 g/mol. The van der Waals surface area contributed by atoms with Crippen molar-refractivity contribution in [1.29, 1.82) is 0 Å². The molecule has 0 spiro atoms. The van der Waals surface area contributed by atoms with E-state index in [9.17, 15) is 4.79 Å². The number of carbonyl (C=O) groups excluding carboxylic acids is 1. The fourth-order valence-corrected chi connectivity index (χ4v) is 2.02. The van der Waals surface area contributed by atoms with Crippen LogP contribution in [0, 0.1) is 6.92 Å². The van der Waals surface area contributed by atoms with Gasteiger partial charge in [0.15, 0.2) is 5.69 Å². The first-order chi connectivity index (χ1) is 10.1. The van der Waals surface area contributed by atoms with Gasteiger partial charge < -0.3 is 15.2 Å². The number of hydrogen-bond acceptors (Lipinski definition) is 5. The summed E-state index contributed by atoms with van der Waals surface area (Å²) >= 11 is 0. The lowest BCUT2D eigenvalue weighted by Gasteiger charge is -2.08. The zero-order valence-electron chi connectivity index (χ0n) is 12.4. The van der Waals surface area contributed by atoms with Crippen molar-refractivity contribution >= 4 is 11.7 Å². The Morgan fingerprint density at radius 2 is 2.19 bits per heavy atom. The highest BCUT2D eigenvalue weighted by Crippen LogP contribution is 2.19. The highest BCUT2D eigenvalue weighted by molar-refractivity contribution is 5.93. The Labute approximate surface area is 123 Å². The molecule has 0 aliphatic carbocycles. The van der Waals surface area contributed by atoms with Gasteiger partial charge in [-0.3, -0.25) is 4.68 Å². The summed E-state index contributed by atoms with van der Waals surface area (Å²) < 4.78 is 12.0. The number of benzene rings is 1. The van der Waals surface area contributed by atoms with Crippen molar-refractivity contribution in [3.05, 3.63) is 41.2 Å².